The van der Waals surface area contributed by atoms with Crippen LogP contribution in [-0.4, -0.2) is 94.3 Å². The Labute approximate surface area is 425 Å². The number of rotatable bonds is 14. The van der Waals surface area contributed by atoms with Crippen molar-refractivity contribution in [3.05, 3.63) is 11.3 Å². The van der Waals surface area contributed by atoms with E-state index in [-0.39, 0.29) is 209 Å². The van der Waals surface area contributed by atoms with Crippen LogP contribution in [0.4, 0.5) is 14.6 Å². The van der Waals surface area contributed by atoms with Gasteiger partial charge in [-0.15, -0.1) is 5.11 Å². The fourth-order valence-electron chi connectivity index (χ4n) is 6.48. The van der Waals surface area contributed by atoms with Crippen LogP contribution in [-0.2, 0) is 29.9 Å². The van der Waals surface area contributed by atoms with Gasteiger partial charge in [-0.2, -0.15) is 15.5 Å². The summed E-state index contributed by atoms with van der Waals surface area (Å²) in [5.74, 6) is -3.03. The van der Waals surface area contributed by atoms with Crippen LogP contribution >= 0.6 is 0 Å². The minimum absolute atomic E-state index is 0. The van der Waals surface area contributed by atoms with Gasteiger partial charge in [0.05, 0.1) is 33.1 Å². The maximum atomic E-state index is 15.5. The summed E-state index contributed by atoms with van der Waals surface area (Å²) in [4.78, 5) is 36.1. The Morgan fingerprint density at radius 2 is 1.55 bits per heavy atom. The largest absolute Gasteiger partial charge is 1.00 e. The molecule has 0 radical (unpaired) electrons. The molecule has 1 heterocycles. The molecule has 1 aromatic heterocycles. The third kappa shape index (κ3) is 15.7. The Morgan fingerprint density at radius 3 is 1.98 bits per heavy atom. The van der Waals surface area contributed by atoms with Crippen LogP contribution in [0.15, 0.2) is 10.2 Å². The summed E-state index contributed by atoms with van der Waals surface area (Å²) in [6.07, 6.45) is -4.44. The Balaban J connectivity index is 0.00000833. The molecule has 3 rings (SSSR count). The molecule has 21 heteroatoms. The maximum Gasteiger partial charge on any atom is 1.00 e. The average molecular weight is 816 g/mol. The molecule has 51 heavy (non-hydrogen) atoms. The number of hydrogen-bond donors (Lipinski definition) is 1. The number of aliphatic carboxylic acids is 2. The normalized spacial score (nSPS) is 25.2. The van der Waals surface area contributed by atoms with Crippen molar-refractivity contribution in [2.24, 2.45) is 10.2 Å². The van der Waals surface area contributed by atoms with Crippen LogP contribution in [0.1, 0.15) is 103 Å². The van der Waals surface area contributed by atoms with Gasteiger partial charge in [0.1, 0.15) is 30.0 Å². The van der Waals surface area contributed by atoms with Crippen LogP contribution in [0, 0.1) is 11.3 Å². The Morgan fingerprint density at radius 1 is 1.02 bits per heavy atom. The Bertz CT molecular complexity index is 1490. The van der Waals surface area contributed by atoms with Gasteiger partial charge < -0.3 is 34.6 Å². The fraction of sp³-hybridized carbons (Fsp3) is 0.767. The summed E-state index contributed by atoms with van der Waals surface area (Å²) in [6, 6.07) is -1.12. The zero-order valence-electron chi connectivity index (χ0n) is 30.4. The van der Waals surface area contributed by atoms with Gasteiger partial charge in [-0.25, -0.2) is 21.9 Å². The van der Waals surface area contributed by atoms with Crippen molar-refractivity contribution >= 4 is 33.8 Å². The molecular formula is C30H42F2K3N7O8S. The second-order valence-electron chi connectivity index (χ2n) is 13.5. The second kappa shape index (κ2) is 23.5. The van der Waals surface area contributed by atoms with Crippen molar-refractivity contribution in [2.75, 3.05) is 13.1 Å². The zero-order valence-corrected chi connectivity index (χ0v) is 40.6. The van der Waals surface area contributed by atoms with Crippen LogP contribution in [0.25, 0.3) is 0 Å². The quantitative estimate of drug-likeness (QED) is 0.105. The molecule has 2 aliphatic rings. The number of aromatic nitrogens is 2. The first-order valence-corrected chi connectivity index (χ1v) is 17.4. The Hall–Kier alpha value is 1.35. The second-order valence-corrected chi connectivity index (χ2v) is 15.2. The number of carboxylic acids is 2. The third-order valence-corrected chi connectivity index (χ3v) is 9.96. The van der Waals surface area contributed by atoms with Crippen LogP contribution in [0.2, 0.25) is 0 Å². The first kappa shape index (κ1) is 52.3. The van der Waals surface area contributed by atoms with E-state index in [4.69, 9.17) is 0 Å². The molecule has 0 aliphatic heterocycles. The average Bonchev–Trinajstić information content (AvgIpc) is 3.33. The van der Waals surface area contributed by atoms with Crippen molar-refractivity contribution < 1.29 is 201 Å². The summed E-state index contributed by atoms with van der Waals surface area (Å²) < 4.78 is 66.6. The molecule has 0 bridgehead atoms. The molecule has 1 aromatic rings. The third-order valence-electron chi connectivity index (χ3n) is 8.76. The molecule has 5 atom stereocenters. The summed E-state index contributed by atoms with van der Waals surface area (Å²) in [6.45, 7) is 7.21. The number of carbonyl (C=O) groups is 3. The van der Waals surface area contributed by atoms with Crippen LogP contribution in [0.3, 0.4) is 0 Å². The molecule has 0 aromatic carbocycles. The van der Waals surface area contributed by atoms with Crippen molar-refractivity contribution in [1.29, 1.82) is 5.26 Å². The van der Waals surface area contributed by atoms with Gasteiger partial charge in [0.25, 0.3) is 0 Å². The topological polar surface area (TPSA) is 236 Å². The predicted octanol–water partition coefficient (Wildman–Crippen LogP) is -8.14. The fourth-order valence-corrected chi connectivity index (χ4v) is 7.32. The maximum absolute atomic E-state index is 15.5. The summed E-state index contributed by atoms with van der Waals surface area (Å²) in [5, 5.41) is 46.3. The van der Waals surface area contributed by atoms with Gasteiger partial charge in [0, 0.05) is 30.3 Å². The van der Waals surface area contributed by atoms with E-state index in [1.807, 2.05) is 11.0 Å². The van der Waals surface area contributed by atoms with E-state index in [1.165, 1.54) is 6.92 Å². The van der Waals surface area contributed by atoms with Gasteiger partial charge in [-0.1, -0.05) is 20.8 Å². The number of azo groups is 1. The van der Waals surface area contributed by atoms with Crippen LogP contribution < -0.4 is 170 Å². The van der Waals surface area contributed by atoms with Gasteiger partial charge in [-0.05, 0) is 70.9 Å². The molecule has 0 spiro atoms. The first-order valence-electron chi connectivity index (χ1n) is 15.9. The SMILES string of the molecule is CC(=O)NC1CC(N(CCCC(=O)[O-])CCCC(=O)[O-])CCC1N=Nc1c(C#N)c(C(C)(C)C)nn1C1C(F)CC(S(=O)(=O)[O-])CC1F.[K+].[K+].[K+]. The predicted molar refractivity (Wildman–Crippen MR) is 161 cm³/mol. The molecule has 1 amide bonds. The number of alkyl halides is 2. The number of amides is 1. The number of halogens is 2. The van der Waals surface area contributed by atoms with Crippen molar-refractivity contribution in [2.45, 2.75) is 133 Å². The van der Waals surface area contributed by atoms with Gasteiger partial charge >= 0.3 is 154 Å². The molecule has 2 aliphatic carbocycles. The van der Waals surface area contributed by atoms with E-state index in [2.05, 4.69) is 20.6 Å². The van der Waals surface area contributed by atoms with E-state index < -0.39 is 76.0 Å². The number of nitriles is 1. The molecule has 2 fully saturated rings. The first-order chi connectivity index (χ1) is 22.3. The molecule has 15 nitrogen and oxygen atoms in total. The molecule has 2 saturated carbocycles. The number of hydrogen-bond acceptors (Lipinski definition) is 13. The molecular weight excluding hydrogens is 774 g/mol. The summed E-state index contributed by atoms with van der Waals surface area (Å²) >= 11 is 0. The van der Waals surface area contributed by atoms with Gasteiger partial charge in [0.15, 0.2) is 5.82 Å². The van der Waals surface area contributed by atoms with Crippen LogP contribution in [0.5, 0.6) is 0 Å². The van der Waals surface area contributed by atoms with E-state index >= 15 is 8.78 Å². The minimum atomic E-state index is -4.96. The number of nitrogens with zero attached hydrogens (tertiary/aromatic N) is 6. The standard InChI is InChI=1S/C30H45F2N7O8S.3K/c1-17(40)34-24-13-18(38(11-5-7-25(41)42)12-6-8-26(43)44)9-10-23(24)35-36-29-20(16-33)28(30(2,3)4)37-39(29)27-21(31)14-19(15-22(27)32)48(45,46)47;;;/h18-19,21-24,27H,5-15H2,1-4H3,(H,34,40)(H,41,42)(H,43,44)(H,45,46,47);;;/q;3*+1/p-3. The zero-order chi connectivity index (χ0) is 36.0. The molecule has 1 N–H and O–H groups in total. The molecule has 5 unspecified atom stereocenters. The summed E-state index contributed by atoms with van der Waals surface area (Å²) in [5.41, 5.74) is -0.676. The van der Waals surface area contributed by atoms with E-state index in [1.54, 1.807) is 20.8 Å². The van der Waals surface area contributed by atoms with Gasteiger partial charge in [-0.3, -0.25) is 4.79 Å². The Kier molecular flexibility index (Phi) is 24.2. The smallest absolute Gasteiger partial charge is 0.748 e. The van der Waals surface area contributed by atoms with E-state index in [0.29, 0.717) is 32.4 Å². The minimum Gasteiger partial charge on any atom is -0.748 e. The van der Waals surface area contributed by atoms with Crippen molar-refractivity contribution in [3.63, 3.8) is 0 Å². The molecule has 0 saturated heterocycles. The van der Waals surface area contributed by atoms with Crippen molar-refractivity contribution in [3.8, 4) is 6.07 Å². The number of carbonyl (C=O) groups excluding carboxylic acids is 3. The van der Waals surface area contributed by atoms with Crippen molar-refractivity contribution in [1.82, 2.24) is 20.0 Å². The number of carboxylic acid groups (broad SMARTS) is 2. The van der Waals surface area contributed by atoms with Gasteiger partial charge in [0.2, 0.25) is 5.91 Å². The van der Waals surface area contributed by atoms with E-state index in [9.17, 15) is 42.8 Å². The van der Waals surface area contributed by atoms with E-state index in [0.717, 1.165) is 4.68 Å². The monoisotopic (exact) mass is 815 g/mol. The number of nitrogens with one attached hydrogen (secondary N) is 1. The summed E-state index contributed by atoms with van der Waals surface area (Å²) in [7, 11) is -4.96. The molecule has 268 valence electrons.